The molecule has 0 aromatic heterocycles. The van der Waals surface area contributed by atoms with Gasteiger partial charge in [0.05, 0.1) is 13.2 Å². The molecule has 23 heavy (non-hydrogen) atoms. The molecule has 0 fully saturated rings. The van der Waals surface area contributed by atoms with Crippen LogP contribution in [0.4, 0.5) is 5.69 Å². The SMILES string of the molecule is COc1ccc(Br)cc1[C@H]1Nc2ccc(Br)cc2[C@H]2C=CC[C@H]21. The molecule has 0 saturated carbocycles. The average Bonchev–Trinajstić information content (AvgIpc) is 3.04. The number of rotatable bonds is 2. The van der Waals surface area contributed by atoms with Crippen molar-refractivity contribution >= 4 is 37.5 Å². The first-order chi connectivity index (χ1) is 11.2. The van der Waals surface area contributed by atoms with Crippen LogP contribution >= 0.6 is 31.9 Å². The predicted molar refractivity (Wildman–Crippen MR) is 101 cm³/mol. The highest BCUT2D eigenvalue weighted by molar-refractivity contribution is 9.10. The van der Waals surface area contributed by atoms with Crippen LogP contribution in [0.2, 0.25) is 0 Å². The predicted octanol–water partition coefficient (Wildman–Crippen LogP) is 6.05. The summed E-state index contributed by atoms with van der Waals surface area (Å²) in [6, 6.07) is 13.0. The number of nitrogens with one attached hydrogen (secondary N) is 1. The monoisotopic (exact) mass is 433 g/mol. The maximum Gasteiger partial charge on any atom is 0.124 e. The van der Waals surface area contributed by atoms with Crippen LogP contribution in [0.3, 0.4) is 0 Å². The van der Waals surface area contributed by atoms with Gasteiger partial charge in [0, 0.05) is 26.1 Å². The third-order valence-electron chi connectivity index (χ3n) is 4.85. The molecular weight excluding hydrogens is 418 g/mol. The van der Waals surface area contributed by atoms with Gasteiger partial charge in [0.25, 0.3) is 0 Å². The third-order valence-corrected chi connectivity index (χ3v) is 5.84. The van der Waals surface area contributed by atoms with Crippen molar-refractivity contribution in [2.45, 2.75) is 18.4 Å². The maximum absolute atomic E-state index is 5.62. The van der Waals surface area contributed by atoms with E-state index in [0.717, 1.165) is 21.1 Å². The van der Waals surface area contributed by atoms with Crippen molar-refractivity contribution in [1.82, 2.24) is 0 Å². The summed E-state index contributed by atoms with van der Waals surface area (Å²) < 4.78 is 7.84. The highest BCUT2D eigenvalue weighted by Crippen LogP contribution is 2.51. The Labute approximate surface area is 153 Å². The lowest BCUT2D eigenvalue weighted by molar-refractivity contribution is 0.381. The number of fused-ring (bicyclic) bond motifs is 3. The van der Waals surface area contributed by atoms with E-state index in [1.807, 2.05) is 12.1 Å². The molecule has 2 nitrogen and oxygen atoms in total. The van der Waals surface area contributed by atoms with Crippen LogP contribution < -0.4 is 10.1 Å². The maximum atomic E-state index is 5.62. The van der Waals surface area contributed by atoms with Gasteiger partial charge < -0.3 is 10.1 Å². The van der Waals surface area contributed by atoms with Crippen LogP contribution in [0.1, 0.15) is 29.5 Å². The van der Waals surface area contributed by atoms with Crippen molar-refractivity contribution in [1.29, 1.82) is 0 Å². The van der Waals surface area contributed by atoms with Crippen LogP contribution in [0, 0.1) is 5.92 Å². The number of benzene rings is 2. The second-order valence-electron chi connectivity index (χ2n) is 6.09. The van der Waals surface area contributed by atoms with E-state index in [1.54, 1.807) is 7.11 Å². The molecule has 1 heterocycles. The molecule has 0 saturated heterocycles. The smallest absolute Gasteiger partial charge is 0.124 e. The molecule has 0 amide bonds. The summed E-state index contributed by atoms with van der Waals surface area (Å²) in [4.78, 5) is 0. The van der Waals surface area contributed by atoms with E-state index in [4.69, 9.17) is 4.74 Å². The summed E-state index contributed by atoms with van der Waals surface area (Å²) >= 11 is 7.20. The first-order valence-corrected chi connectivity index (χ1v) is 9.32. The molecule has 0 spiro atoms. The lowest BCUT2D eigenvalue weighted by Gasteiger charge is -2.38. The Kier molecular flexibility index (Phi) is 3.98. The summed E-state index contributed by atoms with van der Waals surface area (Å²) in [6.45, 7) is 0. The molecule has 4 rings (SSSR count). The quantitative estimate of drug-likeness (QED) is 0.581. The van der Waals surface area contributed by atoms with Gasteiger partial charge in [-0.25, -0.2) is 0 Å². The first kappa shape index (κ1) is 15.3. The Morgan fingerprint density at radius 3 is 2.57 bits per heavy atom. The zero-order chi connectivity index (χ0) is 16.0. The van der Waals surface area contributed by atoms with Gasteiger partial charge in [-0.2, -0.15) is 0 Å². The summed E-state index contributed by atoms with van der Waals surface area (Å²) in [5.41, 5.74) is 3.81. The molecule has 1 aliphatic carbocycles. The molecule has 2 aromatic rings. The van der Waals surface area contributed by atoms with E-state index in [-0.39, 0.29) is 6.04 Å². The van der Waals surface area contributed by atoms with Crippen LogP contribution in [-0.4, -0.2) is 7.11 Å². The fourth-order valence-electron chi connectivity index (χ4n) is 3.82. The highest BCUT2D eigenvalue weighted by atomic mass is 79.9. The topological polar surface area (TPSA) is 21.3 Å². The van der Waals surface area contributed by atoms with Gasteiger partial charge in [0.2, 0.25) is 0 Å². The number of hydrogen-bond acceptors (Lipinski definition) is 2. The molecule has 2 aromatic carbocycles. The normalized spacial score (nSPS) is 24.7. The Hall–Kier alpha value is -1.26. The summed E-state index contributed by atoms with van der Waals surface area (Å²) in [6.07, 6.45) is 5.75. The van der Waals surface area contributed by atoms with Gasteiger partial charge >= 0.3 is 0 Å². The molecule has 0 radical (unpaired) electrons. The van der Waals surface area contributed by atoms with E-state index in [1.165, 1.54) is 16.8 Å². The molecule has 4 heteroatoms. The molecule has 0 unspecified atom stereocenters. The number of methoxy groups -OCH3 is 1. The Bertz CT molecular complexity index is 787. The average molecular weight is 435 g/mol. The number of hydrogen-bond donors (Lipinski definition) is 1. The van der Waals surface area contributed by atoms with Gasteiger partial charge in [0.15, 0.2) is 0 Å². The molecular formula is C19H17Br2NO. The van der Waals surface area contributed by atoms with Crippen molar-refractivity contribution in [3.63, 3.8) is 0 Å². The second kappa shape index (κ2) is 5.99. The highest BCUT2D eigenvalue weighted by Gasteiger charge is 2.39. The molecule has 118 valence electrons. The molecule has 3 atom stereocenters. The van der Waals surface area contributed by atoms with E-state index >= 15 is 0 Å². The molecule has 2 aliphatic rings. The summed E-state index contributed by atoms with van der Waals surface area (Å²) in [5.74, 6) is 1.91. The number of ether oxygens (including phenoxy) is 1. The second-order valence-corrected chi connectivity index (χ2v) is 7.92. The minimum absolute atomic E-state index is 0.246. The Morgan fingerprint density at radius 2 is 1.78 bits per heavy atom. The van der Waals surface area contributed by atoms with Crippen molar-refractivity contribution in [2.24, 2.45) is 5.92 Å². The van der Waals surface area contributed by atoms with Crippen molar-refractivity contribution in [2.75, 3.05) is 12.4 Å². The van der Waals surface area contributed by atoms with Gasteiger partial charge in [-0.1, -0.05) is 44.0 Å². The fraction of sp³-hybridized carbons (Fsp3) is 0.263. The van der Waals surface area contributed by atoms with Gasteiger partial charge in [-0.15, -0.1) is 0 Å². The van der Waals surface area contributed by atoms with Crippen LogP contribution in [-0.2, 0) is 0 Å². The lowest BCUT2D eigenvalue weighted by Crippen LogP contribution is -2.29. The van der Waals surface area contributed by atoms with E-state index in [9.17, 15) is 0 Å². The number of anilines is 1. The minimum Gasteiger partial charge on any atom is -0.496 e. The molecule has 1 aliphatic heterocycles. The number of halogens is 2. The van der Waals surface area contributed by atoms with Gasteiger partial charge in [-0.05, 0) is 54.3 Å². The number of allylic oxidation sites excluding steroid dienone is 2. The lowest BCUT2D eigenvalue weighted by atomic mass is 9.77. The molecule has 0 bridgehead atoms. The van der Waals surface area contributed by atoms with Gasteiger partial charge in [0.1, 0.15) is 5.75 Å². The van der Waals surface area contributed by atoms with Crippen LogP contribution in [0.15, 0.2) is 57.5 Å². The van der Waals surface area contributed by atoms with E-state index in [0.29, 0.717) is 11.8 Å². The first-order valence-electron chi connectivity index (χ1n) is 7.73. The zero-order valence-corrected chi connectivity index (χ0v) is 15.9. The largest absolute Gasteiger partial charge is 0.496 e. The fourth-order valence-corrected chi connectivity index (χ4v) is 4.58. The third kappa shape index (κ3) is 2.62. The van der Waals surface area contributed by atoms with Crippen molar-refractivity contribution in [3.8, 4) is 5.75 Å². The molecule has 1 N–H and O–H groups in total. The van der Waals surface area contributed by atoms with E-state index in [2.05, 4.69) is 73.6 Å². The summed E-state index contributed by atoms with van der Waals surface area (Å²) in [5, 5.41) is 3.75. The van der Waals surface area contributed by atoms with Crippen molar-refractivity contribution in [3.05, 3.63) is 68.6 Å². The van der Waals surface area contributed by atoms with Crippen molar-refractivity contribution < 1.29 is 4.74 Å². The van der Waals surface area contributed by atoms with Crippen LogP contribution in [0.5, 0.6) is 5.75 Å². The Morgan fingerprint density at radius 1 is 1.04 bits per heavy atom. The van der Waals surface area contributed by atoms with Crippen LogP contribution in [0.25, 0.3) is 0 Å². The minimum atomic E-state index is 0.246. The Balaban J connectivity index is 1.82. The van der Waals surface area contributed by atoms with E-state index < -0.39 is 0 Å². The standard InChI is InChI=1S/C19H17Br2NO/c1-23-18-8-6-12(21)10-16(18)19-14-4-2-3-13(14)15-9-11(20)5-7-17(15)22-19/h2-3,5-10,13-14,19,22H,4H2,1H3/t13-,14+,19-/m0/s1. The zero-order valence-electron chi connectivity index (χ0n) is 12.7. The summed E-state index contributed by atoms with van der Waals surface area (Å²) in [7, 11) is 1.74. The van der Waals surface area contributed by atoms with Gasteiger partial charge in [-0.3, -0.25) is 0 Å².